The monoisotopic (exact) mass is 776 g/mol. The number of carbonyl (C=O) groups is 3. The van der Waals surface area contributed by atoms with Crippen molar-refractivity contribution in [3.05, 3.63) is 132 Å². The maximum atomic E-state index is 13.9. The molecule has 1 aliphatic rings. The average Bonchev–Trinajstić information content (AvgIpc) is 3.13. The number of esters is 2. The summed E-state index contributed by atoms with van der Waals surface area (Å²) in [4.78, 5) is 38.5. The van der Waals surface area contributed by atoms with Gasteiger partial charge in [-0.2, -0.15) is 4.31 Å². The quantitative estimate of drug-likeness (QED) is 0.0801. The van der Waals surface area contributed by atoms with Crippen LogP contribution in [0.2, 0.25) is 0 Å². The van der Waals surface area contributed by atoms with Crippen LogP contribution in [0.25, 0.3) is 0 Å². The number of sulfonamides is 1. The van der Waals surface area contributed by atoms with Gasteiger partial charge in [-0.3, -0.25) is 4.79 Å². The largest absolute Gasteiger partial charge is 0.480 e. The third-order valence-corrected chi connectivity index (χ3v) is 10.4. The lowest BCUT2D eigenvalue weighted by molar-refractivity contribution is -0.174. The summed E-state index contributed by atoms with van der Waals surface area (Å²) in [6, 6.07) is 28.8. The van der Waals surface area contributed by atoms with Crippen molar-refractivity contribution in [2.24, 2.45) is 5.41 Å². The minimum atomic E-state index is -4.06. The lowest BCUT2D eigenvalue weighted by atomic mass is 9.87. The van der Waals surface area contributed by atoms with Gasteiger partial charge in [0.1, 0.15) is 24.2 Å². The fraction of sp³-hybridized carbons (Fsp3) is 0.341. The minimum Gasteiger partial charge on any atom is -0.480 e. The van der Waals surface area contributed by atoms with Crippen molar-refractivity contribution >= 4 is 28.1 Å². The lowest BCUT2D eigenvalue weighted by Gasteiger charge is -2.48. The van der Waals surface area contributed by atoms with Crippen molar-refractivity contribution in [3.8, 4) is 5.75 Å². The van der Waals surface area contributed by atoms with Gasteiger partial charge in [0.2, 0.25) is 16.3 Å². The molecular weight excluding hydrogens is 732 g/mol. The molecule has 5 rings (SSSR count). The molecule has 55 heavy (non-hydrogen) atoms. The van der Waals surface area contributed by atoms with Gasteiger partial charge in [-0.25, -0.2) is 22.4 Å². The molecule has 1 heterocycles. The van der Waals surface area contributed by atoms with E-state index in [4.69, 9.17) is 23.7 Å². The minimum absolute atomic E-state index is 0.0202. The summed E-state index contributed by atoms with van der Waals surface area (Å²) in [5, 5.41) is 2.47. The summed E-state index contributed by atoms with van der Waals surface area (Å²) in [5.74, 6) is -1.45. The summed E-state index contributed by atoms with van der Waals surface area (Å²) in [6.45, 7) is 6.53. The number of amides is 1. The molecule has 14 heteroatoms. The van der Waals surface area contributed by atoms with E-state index in [1.165, 1.54) is 53.7 Å². The number of nitrogens with zero attached hydrogens (tertiary/aromatic N) is 1. The molecule has 1 fully saturated rings. The zero-order valence-corrected chi connectivity index (χ0v) is 31.9. The molecule has 2 atom stereocenters. The van der Waals surface area contributed by atoms with Gasteiger partial charge in [-0.1, -0.05) is 72.8 Å². The van der Waals surface area contributed by atoms with E-state index in [9.17, 15) is 27.2 Å². The standard InChI is InChI=1S/C41H45FN2O10S/c1-29(52-38(46)40(2,3)4)53-39(47)43-36(37(45)51-23-22-50-26-30-12-7-5-8-13-30)25-31-14-11-17-35(24-31)55(48,49)44-27-41(28-44,32-15-9-6-10-16-32)54-34-20-18-33(42)19-21-34/h5-21,24,29,36H,22-23,25-28H2,1-4H3,(H,43,47)/t29-,36-/m0/s1. The summed E-state index contributed by atoms with van der Waals surface area (Å²) in [6.07, 6.45) is -2.49. The number of hydrogen-bond acceptors (Lipinski definition) is 10. The Morgan fingerprint density at radius 1 is 0.836 bits per heavy atom. The highest BCUT2D eigenvalue weighted by molar-refractivity contribution is 7.89. The molecule has 0 unspecified atom stereocenters. The molecule has 4 aromatic carbocycles. The second-order valence-corrected chi connectivity index (χ2v) is 16.0. The van der Waals surface area contributed by atoms with Crippen molar-refractivity contribution in [2.45, 2.75) is 63.6 Å². The van der Waals surface area contributed by atoms with E-state index in [1.807, 2.05) is 60.7 Å². The fourth-order valence-corrected chi connectivity index (χ4v) is 7.23. The number of hydrogen-bond donors (Lipinski definition) is 1. The Kier molecular flexibility index (Phi) is 13.3. The van der Waals surface area contributed by atoms with E-state index in [2.05, 4.69) is 5.32 Å². The molecule has 0 radical (unpaired) electrons. The Hall–Kier alpha value is -5.31. The molecule has 0 bridgehead atoms. The Labute approximate surface area is 320 Å². The zero-order chi connectivity index (χ0) is 39.6. The molecule has 0 aromatic heterocycles. The van der Waals surface area contributed by atoms with Crippen LogP contribution in [0.5, 0.6) is 5.75 Å². The molecule has 1 amide bonds. The second kappa shape index (κ2) is 17.9. The summed E-state index contributed by atoms with van der Waals surface area (Å²) in [5.41, 5.74) is 0.228. The first-order valence-electron chi connectivity index (χ1n) is 17.7. The van der Waals surface area contributed by atoms with E-state index in [1.54, 1.807) is 26.8 Å². The summed E-state index contributed by atoms with van der Waals surface area (Å²) < 4.78 is 70.5. The van der Waals surface area contributed by atoms with Gasteiger partial charge in [-0.15, -0.1) is 0 Å². The predicted octanol–water partition coefficient (Wildman–Crippen LogP) is 6.14. The van der Waals surface area contributed by atoms with Crippen LogP contribution in [-0.4, -0.2) is 69.4 Å². The molecule has 1 saturated heterocycles. The van der Waals surface area contributed by atoms with E-state index >= 15 is 0 Å². The third kappa shape index (κ3) is 11.1. The molecule has 0 spiro atoms. The molecule has 12 nitrogen and oxygen atoms in total. The maximum Gasteiger partial charge on any atom is 0.410 e. The third-order valence-electron chi connectivity index (χ3n) is 8.58. The lowest BCUT2D eigenvalue weighted by Crippen LogP contribution is -2.64. The number of carbonyl (C=O) groups excluding carboxylic acids is 3. The van der Waals surface area contributed by atoms with Gasteiger partial charge in [0.15, 0.2) is 5.60 Å². The maximum absolute atomic E-state index is 13.9. The van der Waals surface area contributed by atoms with E-state index < -0.39 is 57.2 Å². The first kappa shape index (κ1) is 40.9. The molecule has 1 N–H and O–H groups in total. The Morgan fingerprint density at radius 2 is 1.47 bits per heavy atom. The predicted molar refractivity (Wildman–Crippen MR) is 200 cm³/mol. The SMILES string of the molecule is C[C@H](OC(=O)N[C@@H](Cc1cccc(S(=O)(=O)N2CC(Oc3ccc(F)cc3)(c3ccccc3)C2)c1)C(=O)OCCOCc1ccccc1)OC(=O)C(C)(C)C. The van der Waals surface area contributed by atoms with Crippen LogP contribution in [0.3, 0.4) is 0 Å². The van der Waals surface area contributed by atoms with Gasteiger partial charge in [-0.05, 0) is 73.9 Å². The molecule has 0 aliphatic carbocycles. The highest BCUT2D eigenvalue weighted by atomic mass is 32.2. The number of rotatable bonds is 16. The first-order valence-corrected chi connectivity index (χ1v) is 19.1. The summed E-state index contributed by atoms with van der Waals surface area (Å²) in [7, 11) is -4.06. The number of benzene rings is 4. The highest BCUT2D eigenvalue weighted by Crippen LogP contribution is 2.40. The molecule has 1 aliphatic heterocycles. The normalized spacial score (nSPS) is 15.1. The molecule has 292 valence electrons. The number of alkyl carbamates (subject to hydrolysis) is 1. The second-order valence-electron chi connectivity index (χ2n) is 14.1. The Balaban J connectivity index is 1.28. The van der Waals surface area contributed by atoms with Crippen LogP contribution in [0.4, 0.5) is 9.18 Å². The Morgan fingerprint density at radius 3 is 2.13 bits per heavy atom. The van der Waals surface area contributed by atoms with Gasteiger partial charge >= 0.3 is 18.0 Å². The molecule has 0 saturated carbocycles. The van der Waals surface area contributed by atoms with Crippen LogP contribution >= 0.6 is 0 Å². The average molecular weight is 777 g/mol. The van der Waals surface area contributed by atoms with Crippen LogP contribution in [0, 0.1) is 11.2 Å². The van der Waals surface area contributed by atoms with E-state index in [0.29, 0.717) is 17.9 Å². The van der Waals surface area contributed by atoms with Gasteiger partial charge in [0, 0.05) is 13.3 Å². The van der Waals surface area contributed by atoms with Gasteiger partial charge in [0.25, 0.3) is 0 Å². The van der Waals surface area contributed by atoms with Crippen LogP contribution < -0.4 is 10.1 Å². The van der Waals surface area contributed by atoms with Crippen molar-refractivity contribution in [3.63, 3.8) is 0 Å². The molecule has 4 aromatic rings. The zero-order valence-electron chi connectivity index (χ0n) is 31.1. The number of halogens is 1. The Bertz CT molecular complexity index is 2020. The van der Waals surface area contributed by atoms with E-state index in [0.717, 1.165) is 11.1 Å². The van der Waals surface area contributed by atoms with Gasteiger partial charge < -0.3 is 29.0 Å². The number of ether oxygens (including phenoxy) is 5. The topological polar surface area (TPSA) is 147 Å². The van der Waals surface area contributed by atoms with Crippen molar-refractivity contribution < 1.29 is 50.9 Å². The van der Waals surface area contributed by atoms with E-state index in [-0.39, 0.29) is 37.6 Å². The van der Waals surface area contributed by atoms with Crippen molar-refractivity contribution in [2.75, 3.05) is 26.3 Å². The first-order chi connectivity index (χ1) is 26.1. The smallest absolute Gasteiger partial charge is 0.410 e. The van der Waals surface area contributed by atoms with Crippen molar-refractivity contribution in [1.29, 1.82) is 0 Å². The summed E-state index contributed by atoms with van der Waals surface area (Å²) >= 11 is 0. The van der Waals surface area contributed by atoms with Crippen LogP contribution in [0.15, 0.2) is 114 Å². The van der Waals surface area contributed by atoms with Crippen molar-refractivity contribution in [1.82, 2.24) is 9.62 Å². The van der Waals surface area contributed by atoms with Crippen LogP contribution in [0.1, 0.15) is 44.4 Å². The molecular formula is C41H45FN2O10S. The number of nitrogens with one attached hydrogen (secondary N) is 1. The highest BCUT2D eigenvalue weighted by Gasteiger charge is 2.52. The van der Waals surface area contributed by atoms with Gasteiger partial charge in [0.05, 0.1) is 36.6 Å². The van der Waals surface area contributed by atoms with Crippen LogP contribution in [-0.2, 0) is 57.2 Å². The fourth-order valence-electron chi connectivity index (χ4n) is 5.63.